The van der Waals surface area contributed by atoms with Gasteiger partial charge in [-0.1, -0.05) is 11.6 Å². The number of aromatic nitrogens is 2. The van der Waals surface area contributed by atoms with Gasteiger partial charge in [0, 0.05) is 41.8 Å². The number of ether oxygens (including phenoxy) is 2. The fourth-order valence-electron chi connectivity index (χ4n) is 5.37. The van der Waals surface area contributed by atoms with Gasteiger partial charge in [-0.05, 0) is 44.4 Å². The highest BCUT2D eigenvalue weighted by atomic mass is 35.5. The molecule has 2 N–H and O–H groups in total. The van der Waals surface area contributed by atoms with Crippen LogP contribution < -0.4 is 15.0 Å². The Hall–Kier alpha value is -2.50. The Bertz CT molecular complexity index is 1120. The number of halogens is 4. The molecule has 0 radical (unpaired) electrons. The van der Waals surface area contributed by atoms with E-state index in [4.69, 9.17) is 16.3 Å². The normalized spacial score (nSPS) is 29.8. The number of aliphatic hydroxyl groups excluding tert-OH is 1. The molecule has 1 aromatic carbocycles. The summed E-state index contributed by atoms with van der Waals surface area (Å²) in [7, 11) is 1.69. The number of alkyl halides is 3. The average Bonchev–Trinajstić information content (AvgIpc) is 3.22. The number of nitrogens with zero attached hydrogens (tertiary/aromatic N) is 3. The summed E-state index contributed by atoms with van der Waals surface area (Å²) in [5.74, 6) is 0.183. The largest absolute Gasteiger partial charge is 0.522 e. The molecule has 1 aromatic heterocycles. The second-order valence-electron chi connectivity index (χ2n) is 9.92. The molecule has 3 aliphatic carbocycles. The van der Waals surface area contributed by atoms with E-state index in [1.54, 1.807) is 43.3 Å². The lowest BCUT2D eigenvalue weighted by Gasteiger charge is -2.70. The van der Waals surface area contributed by atoms with Crippen LogP contribution in [0.4, 0.5) is 18.9 Å². The fourth-order valence-corrected chi connectivity index (χ4v) is 5.55. The van der Waals surface area contributed by atoms with Crippen molar-refractivity contribution in [2.75, 3.05) is 18.6 Å². The van der Waals surface area contributed by atoms with E-state index >= 15 is 0 Å². The molecule has 2 heterocycles. The van der Waals surface area contributed by atoms with E-state index < -0.39 is 31.2 Å². The first-order chi connectivity index (χ1) is 16.4. The maximum atomic E-state index is 12.9. The Morgan fingerprint density at radius 2 is 2.14 bits per heavy atom. The van der Waals surface area contributed by atoms with Gasteiger partial charge in [-0.2, -0.15) is 5.10 Å². The van der Waals surface area contributed by atoms with Crippen LogP contribution in [-0.4, -0.2) is 58.5 Å². The van der Waals surface area contributed by atoms with E-state index in [0.717, 1.165) is 0 Å². The Balaban J connectivity index is 1.16. The highest BCUT2D eigenvalue weighted by Crippen LogP contribution is 2.65. The van der Waals surface area contributed by atoms with Crippen LogP contribution in [0.5, 0.6) is 5.75 Å². The van der Waals surface area contributed by atoms with Crippen molar-refractivity contribution in [2.45, 2.75) is 68.3 Å². The Kier molecular flexibility index (Phi) is 5.72. The summed E-state index contributed by atoms with van der Waals surface area (Å²) >= 11 is 5.99. The van der Waals surface area contributed by atoms with Crippen molar-refractivity contribution in [2.24, 2.45) is 0 Å². The maximum absolute atomic E-state index is 12.9. The van der Waals surface area contributed by atoms with Crippen molar-refractivity contribution in [3.8, 4) is 5.75 Å². The average molecular weight is 515 g/mol. The summed E-state index contributed by atoms with van der Waals surface area (Å²) in [6.07, 6.45) is -0.618. The minimum absolute atomic E-state index is 0.144. The molecule has 35 heavy (non-hydrogen) atoms. The van der Waals surface area contributed by atoms with Gasteiger partial charge < -0.3 is 20.1 Å². The third-order valence-electron chi connectivity index (χ3n) is 7.33. The van der Waals surface area contributed by atoms with Crippen LogP contribution in [0.1, 0.15) is 44.3 Å². The topological polar surface area (TPSA) is 88.9 Å². The van der Waals surface area contributed by atoms with E-state index in [0.29, 0.717) is 41.3 Å². The number of hydrogen-bond donors (Lipinski definition) is 2. The number of aliphatic hydroxyl groups is 1. The molecule has 1 amide bonds. The number of hydrogen-bond acceptors (Lipinski definition) is 6. The highest BCUT2D eigenvalue weighted by molar-refractivity contribution is 6.30. The molecule has 0 saturated heterocycles. The predicted molar refractivity (Wildman–Crippen MR) is 120 cm³/mol. The number of rotatable bonds is 7. The first kappa shape index (κ1) is 24.2. The van der Waals surface area contributed by atoms with Crippen molar-refractivity contribution >= 4 is 23.2 Å². The van der Waals surface area contributed by atoms with Crippen molar-refractivity contribution in [3.05, 3.63) is 41.2 Å². The minimum atomic E-state index is -4.66. The number of fused-ring (bicyclic) bond motifs is 1. The van der Waals surface area contributed by atoms with Gasteiger partial charge in [-0.15, -0.1) is 13.2 Å². The lowest BCUT2D eigenvalue weighted by atomic mass is 9.44. The van der Waals surface area contributed by atoms with Gasteiger partial charge in [0.1, 0.15) is 5.75 Å². The van der Waals surface area contributed by atoms with E-state index in [1.165, 1.54) is 0 Å². The van der Waals surface area contributed by atoms with Gasteiger partial charge in [0.15, 0.2) is 6.10 Å². The molecular formula is C23H26ClF3N4O4. The highest BCUT2D eigenvalue weighted by Gasteiger charge is 2.70. The molecule has 1 aliphatic heterocycles. The predicted octanol–water partition coefficient (Wildman–Crippen LogP) is 3.53. The van der Waals surface area contributed by atoms with E-state index in [-0.39, 0.29) is 23.4 Å². The van der Waals surface area contributed by atoms with Gasteiger partial charge in [-0.25, -0.2) is 0 Å². The zero-order valence-corrected chi connectivity index (χ0v) is 19.9. The quantitative estimate of drug-likeness (QED) is 0.588. The molecule has 12 heteroatoms. The van der Waals surface area contributed by atoms with Crippen molar-refractivity contribution < 1.29 is 32.5 Å². The number of likely N-dealkylation sites (N-methyl/N-ethyl adjacent to an activating group) is 1. The molecule has 0 unspecified atom stereocenters. The molecule has 4 aliphatic rings. The number of carbonyl (C=O) groups is 1. The lowest BCUT2D eigenvalue weighted by Crippen LogP contribution is -2.79. The Labute approximate surface area is 204 Å². The molecule has 2 aromatic rings. The smallest absolute Gasteiger partial charge is 0.480 e. The molecule has 3 atom stereocenters. The summed E-state index contributed by atoms with van der Waals surface area (Å²) < 4.78 is 48.6. The summed E-state index contributed by atoms with van der Waals surface area (Å²) in [5.41, 5.74) is 0.713. The first-order valence-electron chi connectivity index (χ1n) is 11.3. The SMILES string of the molecule is C[C@H](COC(F)(F)F)N(C)c1cnn(C23CC(NC(=O)[C@H]4C[C@@H](O)c5cc(Cl)ccc5O4)(C2)C3)c1. The first-order valence-corrected chi connectivity index (χ1v) is 11.7. The summed E-state index contributed by atoms with van der Waals surface area (Å²) in [5, 5.41) is 18.4. The second-order valence-corrected chi connectivity index (χ2v) is 10.4. The maximum Gasteiger partial charge on any atom is 0.522 e. The number of carbonyl (C=O) groups excluding carboxylic acids is 1. The number of anilines is 1. The Morgan fingerprint density at radius 3 is 2.83 bits per heavy atom. The molecule has 190 valence electrons. The third kappa shape index (κ3) is 4.45. The lowest BCUT2D eigenvalue weighted by molar-refractivity contribution is -0.325. The molecular weight excluding hydrogens is 489 g/mol. The molecule has 3 fully saturated rings. The number of amides is 1. The van der Waals surface area contributed by atoms with Gasteiger partial charge in [-0.3, -0.25) is 14.2 Å². The van der Waals surface area contributed by atoms with Crippen molar-refractivity contribution in [1.82, 2.24) is 15.1 Å². The van der Waals surface area contributed by atoms with Gasteiger partial charge in [0.25, 0.3) is 5.91 Å². The van der Waals surface area contributed by atoms with Crippen LogP contribution >= 0.6 is 11.6 Å². The zero-order chi connectivity index (χ0) is 25.2. The van der Waals surface area contributed by atoms with E-state index in [9.17, 15) is 23.1 Å². The summed E-state index contributed by atoms with van der Waals surface area (Å²) in [4.78, 5) is 14.6. The summed E-state index contributed by atoms with van der Waals surface area (Å²) in [6.45, 7) is 1.16. The van der Waals surface area contributed by atoms with Gasteiger partial charge in [0.05, 0.1) is 30.1 Å². The number of benzene rings is 1. The molecule has 6 rings (SSSR count). The Morgan fingerprint density at radius 1 is 1.43 bits per heavy atom. The van der Waals surface area contributed by atoms with Crippen LogP contribution in [0.15, 0.2) is 30.6 Å². The van der Waals surface area contributed by atoms with Gasteiger partial charge in [0.2, 0.25) is 0 Å². The van der Waals surface area contributed by atoms with Gasteiger partial charge >= 0.3 is 6.36 Å². The van der Waals surface area contributed by atoms with Crippen LogP contribution in [0.2, 0.25) is 5.02 Å². The second kappa shape index (κ2) is 8.28. The fraction of sp³-hybridized carbons (Fsp3) is 0.565. The molecule has 3 saturated carbocycles. The minimum Gasteiger partial charge on any atom is -0.480 e. The van der Waals surface area contributed by atoms with Crippen LogP contribution in [0.25, 0.3) is 0 Å². The van der Waals surface area contributed by atoms with E-state index in [2.05, 4.69) is 15.2 Å². The zero-order valence-electron chi connectivity index (χ0n) is 19.2. The monoisotopic (exact) mass is 514 g/mol. The number of nitrogens with one attached hydrogen (secondary N) is 1. The molecule has 8 nitrogen and oxygen atoms in total. The summed E-state index contributed by atoms with van der Waals surface area (Å²) in [6, 6.07) is 4.44. The van der Waals surface area contributed by atoms with Crippen molar-refractivity contribution in [3.63, 3.8) is 0 Å². The molecule has 0 spiro atoms. The van der Waals surface area contributed by atoms with E-state index in [1.807, 2.05) is 10.9 Å². The standard InChI is InChI=1S/C23H26ClF3N4O4/c1-13(9-34-23(25,26)27)30(2)15-7-28-31(8-15)22-10-21(11-22,12-22)29-20(33)19-6-17(32)16-5-14(24)3-4-18(16)35-19/h3-5,7-8,13,17,19,32H,6,9-12H2,1-2H3,(H,29,33)/t13-,17-,19-,21?,22?/m1/s1. The molecule has 2 bridgehead atoms. The van der Waals surface area contributed by atoms with Crippen LogP contribution in [-0.2, 0) is 15.1 Å². The van der Waals surface area contributed by atoms with Crippen LogP contribution in [0, 0.1) is 0 Å². The third-order valence-corrected chi connectivity index (χ3v) is 7.57. The van der Waals surface area contributed by atoms with Crippen molar-refractivity contribution in [1.29, 1.82) is 0 Å². The van der Waals surface area contributed by atoms with Crippen LogP contribution in [0.3, 0.4) is 0 Å².